The maximum absolute atomic E-state index is 12.4. The molecule has 1 aliphatic carbocycles. The molecule has 1 aromatic carbocycles. The fourth-order valence-corrected chi connectivity index (χ4v) is 2.08. The van der Waals surface area contributed by atoms with Gasteiger partial charge in [-0.3, -0.25) is 0 Å². The van der Waals surface area contributed by atoms with Gasteiger partial charge in [-0.1, -0.05) is 26.0 Å². The van der Waals surface area contributed by atoms with E-state index in [1.165, 1.54) is 12.1 Å². The molecule has 0 aliphatic heterocycles. The molecule has 2 rings (SSSR count). The van der Waals surface area contributed by atoms with Gasteiger partial charge in [-0.25, -0.2) is 0 Å². The van der Waals surface area contributed by atoms with Gasteiger partial charge in [0.1, 0.15) is 0 Å². The van der Waals surface area contributed by atoms with Crippen molar-refractivity contribution in [2.45, 2.75) is 38.6 Å². The summed E-state index contributed by atoms with van der Waals surface area (Å²) < 4.78 is 37.2. The highest BCUT2D eigenvalue weighted by Crippen LogP contribution is 2.44. The molecule has 5 heteroatoms. The summed E-state index contributed by atoms with van der Waals surface area (Å²) in [5.74, 6) is 0. The number of nitrogens with one attached hydrogen (secondary N) is 1. The van der Waals surface area contributed by atoms with Crippen molar-refractivity contribution in [3.8, 4) is 0 Å². The van der Waals surface area contributed by atoms with Crippen LogP contribution >= 0.6 is 0 Å². The summed E-state index contributed by atoms with van der Waals surface area (Å²) in [7, 11) is 0. The van der Waals surface area contributed by atoms with Crippen molar-refractivity contribution in [1.82, 2.24) is 5.32 Å². The van der Waals surface area contributed by atoms with Crippen LogP contribution in [-0.4, -0.2) is 17.7 Å². The van der Waals surface area contributed by atoms with E-state index in [1.54, 1.807) is 0 Å². The molecule has 1 aromatic rings. The number of hydrogen-bond acceptors (Lipinski definition) is 2. The van der Waals surface area contributed by atoms with E-state index >= 15 is 0 Å². The molecular formula is C14H18F3NO. The molecule has 2 nitrogen and oxygen atoms in total. The number of hydrogen-bond donors (Lipinski definition) is 2. The van der Waals surface area contributed by atoms with E-state index in [0.717, 1.165) is 18.6 Å². The Morgan fingerprint density at radius 1 is 1.32 bits per heavy atom. The van der Waals surface area contributed by atoms with Gasteiger partial charge in [0.25, 0.3) is 0 Å². The second-order valence-electron chi connectivity index (χ2n) is 5.79. The molecule has 0 saturated heterocycles. The van der Waals surface area contributed by atoms with Crippen molar-refractivity contribution in [3.05, 3.63) is 35.4 Å². The summed E-state index contributed by atoms with van der Waals surface area (Å²) in [5.41, 5.74) is 0.0681. The van der Waals surface area contributed by atoms with Crippen LogP contribution in [0.15, 0.2) is 24.3 Å². The summed E-state index contributed by atoms with van der Waals surface area (Å²) in [4.78, 5) is 0. The van der Waals surface area contributed by atoms with Crippen molar-refractivity contribution >= 4 is 0 Å². The number of rotatable bonds is 4. The number of alkyl halides is 3. The van der Waals surface area contributed by atoms with Crippen LogP contribution in [0.25, 0.3) is 0 Å². The summed E-state index contributed by atoms with van der Waals surface area (Å²) in [6, 6.07) is 5.04. The Kier molecular flexibility index (Phi) is 3.62. The largest absolute Gasteiger partial charge is 0.416 e. The highest BCUT2D eigenvalue weighted by Gasteiger charge is 2.45. The number of benzene rings is 1. The quantitative estimate of drug-likeness (QED) is 0.883. The molecule has 1 aliphatic rings. The zero-order valence-electron chi connectivity index (χ0n) is 11.0. The predicted octanol–water partition coefficient (Wildman–Crippen LogP) is 3.13. The molecule has 106 valence electrons. The van der Waals surface area contributed by atoms with Gasteiger partial charge in [-0.05, 0) is 29.5 Å². The Morgan fingerprint density at radius 2 is 1.84 bits per heavy atom. The monoisotopic (exact) mass is 273 g/mol. The van der Waals surface area contributed by atoms with Crippen molar-refractivity contribution in [2.24, 2.45) is 5.41 Å². The third-order valence-corrected chi connectivity index (χ3v) is 3.69. The third-order valence-electron chi connectivity index (χ3n) is 3.69. The summed E-state index contributed by atoms with van der Waals surface area (Å²) in [6.45, 7) is 4.63. The van der Waals surface area contributed by atoms with E-state index in [0.29, 0.717) is 18.2 Å². The minimum atomic E-state index is -4.33. The number of aliphatic hydroxyl groups excluding tert-OH is 1. The predicted molar refractivity (Wildman–Crippen MR) is 66.6 cm³/mol. The first-order chi connectivity index (χ1) is 8.70. The smallest absolute Gasteiger partial charge is 0.387 e. The van der Waals surface area contributed by atoms with E-state index in [2.05, 4.69) is 19.2 Å². The minimum absolute atomic E-state index is 0.264. The fourth-order valence-electron chi connectivity index (χ4n) is 2.08. The molecule has 2 N–H and O–H groups in total. The fraction of sp³-hybridized carbons (Fsp3) is 0.571. The van der Waals surface area contributed by atoms with Crippen molar-refractivity contribution in [1.29, 1.82) is 0 Å². The third kappa shape index (κ3) is 3.48. The Morgan fingerprint density at radius 3 is 2.26 bits per heavy atom. The van der Waals surface area contributed by atoms with Crippen molar-refractivity contribution in [3.63, 3.8) is 0 Å². The lowest BCUT2D eigenvalue weighted by molar-refractivity contribution is -0.137. The van der Waals surface area contributed by atoms with E-state index < -0.39 is 17.8 Å². The highest BCUT2D eigenvalue weighted by molar-refractivity contribution is 5.26. The molecule has 0 bridgehead atoms. The van der Waals surface area contributed by atoms with Gasteiger partial charge in [-0.2, -0.15) is 13.2 Å². The van der Waals surface area contributed by atoms with Gasteiger partial charge in [0.05, 0.1) is 11.7 Å². The van der Waals surface area contributed by atoms with E-state index in [4.69, 9.17) is 0 Å². The lowest BCUT2D eigenvalue weighted by Gasteiger charge is -2.14. The summed E-state index contributed by atoms with van der Waals surface area (Å²) in [6.07, 6.45) is -4.05. The molecule has 0 amide bonds. The van der Waals surface area contributed by atoms with Gasteiger partial charge < -0.3 is 10.4 Å². The lowest BCUT2D eigenvalue weighted by Crippen LogP contribution is -2.26. The SMILES string of the molecule is CC1(C)CC1NCC(O)c1ccc(C(F)(F)F)cc1. The highest BCUT2D eigenvalue weighted by atomic mass is 19.4. The molecular weight excluding hydrogens is 255 g/mol. The molecule has 1 saturated carbocycles. The zero-order chi connectivity index (χ0) is 14.3. The first kappa shape index (κ1) is 14.3. The normalized spacial score (nSPS) is 23.2. The van der Waals surface area contributed by atoms with Crippen LogP contribution in [0.2, 0.25) is 0 Å². The number of aliphatic hydroxyl groups is 1. The van der Waals surface area contributed by atoms with Gasteiger partial charge >= 0.3 is 6.18 Å². The molecule has 0 aromatic heterocycles. The Balaban J connectivity index is 1.91. The average molecular weight is 273 g/mol. The van der Waals surface area contributed by atoms with E-state index in [9.17, 15) is 18.3 Å². The van der Waals surface area contributed by atoms with Crippen LogP contribution in [0.5, 0.6) is 0 Å². The minimum Gasteiger partial charge on any atom is -0.387 e. The van der Waals surface area contributed by atoms with Gasteiger partial charge in [0, 0.05) is 12.6 Å². The maximum Gasteiger partial charge on any atom is 0.416 e. The van der Waals surface area contributed by atoms with Crippen LogP contribution in [0.1, 0.15) is 37.5 Å². The van der Waals surface area contributed by atoms with E-state index in [1.807, 2.05) is 0 Å². The van der Waals surface area contributed by atoms with Crippen molar-refractivity contribution < 1.29 is 18.3 Å². The van der Waals surface area contributed by atoms with Crippen LogP contribution in [-0.2, 0) is 6.18 Å². The first-order valence-electron chi connectivity index (χ1n) is 6.29. The molecule has 0 heterocycles. The van der Waals surface area contributed by atoms with Crippen LogP contribution in [0.4, 0.5) is 13.2 Å². The molecule has 2 unspecified atom stereocenters. The number of halogens is 3. The standard InChI is InChI=1S/C14H18F3NO/c1-13(2)7-12(13)18-8-11(19)9-3-5-10(6-4-9)14(15,16)17/h3-6,11-12,18-19H,7-8H2,1-2H3. The van der Waals surface area contributed by atoms with E-state index in [-0.39, 0.29) is 5.41 Å². The molecule has 19 heavy (non-hydrogen) atoms. The summed E-state index contributed by atoms with van der Waals surface area (Å²) >= 11 is 0. The zero-order valence-corrected chi connectivity index (χ0v) is 11.0. The van der Waals surface area contributed by atoms with Crippen LogP contribution in [0, 0.1) is 5.41 Å². The van der Waals surface area contributed by atoms with Gasteiger partial charge in [0.2, 0.25) is 0 Å². The molecule has 0 radical (unpaired) electrons. The second kappa shape index (κ2) is 4.80. The molecule has 1 fully saturated rings. The van der Waals surface area contributed by atoms with Gasteiger partial charge in [-0.15, -0.1) is 0 Å². The summed E-state index contributed by atoms with van der Waals surface area (Å²) in [5, 5.41) is 13.1. The Hall–Kier alpha value is -1.07. The lowest BCUT2D eigenvalue weighted by atomic mass is 10.1. The first-order valence-corrected chi connectivity index (χ1v) is 6.29. The topological polar surface area (TPSA) is 32.3 Å². The molecule has 0 spiro atoms. The molecule has 2 atom stereocenters. The van der Waals surface area contributed by atoms with Crippen LogP contribution < -0.4 is 5.32 Å². The Bertz CT molecular complexity index is 439. The Labute approximate surface area is 110 Å². The average Bonchev–Trinajstić information content (AvgIpc) is 2.93. The van der Waals surface area contributed by atoms with Gasteiger partial charge in [0.15, 0.2) is 0 Å². The van der Waals surface area contributed by atoms with Crippen LogP contribution in [0.3, 0.4) is 0 Å². The maximum atomic E-state index is 12.4. The second-order valence-corrected chi connectivity index (χ2v) is 5.79. The van der Waals surface area contributed by atoms with Crippen molar-refractivity contribution in [2.75, 3.05) is 6.54 Å².